The van der Waals surface area contributed by atoms with Crippen LogP contribution in [0, 0.1) is 11.3 Å². The van der Waals surface area contributed by atoms with E-state index in [1.807, 2.05) is 0 Å². The first-order chi connectivity index (χ1) is 9.66. The van der Waals surface area contributed by atoms with E-state index in [1.54, 1.807) is 18.7 Å². The van der Waals surface area contributed by atoms with Gasteiger partial charge in [0.05, 0.1) is 12.5 Å². The van der Waals surface area contributed by atoms with Crippen molar-refractivity contribution in [3.8, 4) is 0 Å². The zero-order valence-corrected chi connectivity index (χ0v) is 12.1. The molecule has 0 aliphatic carbocycles. The molecular weight excluding hydrogens is 285 g/mol. The highest BCUT2D eigenvalue weighted by Crippen LogP contribution is 2.38. The van der Waals surface area contributed by atoms with Crippen molar-refractivity contribution in [1.82, 2.24) is 4.98 Å². The SMILES string of the molecule is COC(=O)C(C)(C)C1CN(c2ccnc(C(F)(F)F)c2)C1. The van der Waals surface area contributed by atoms with Crippen LogP contribution in [0.3, 0.4) is 0 Å². The maximum absolute atomic E-state index is 12.6. The number of methoxy groups -OCH3 is 1. The molecule has 0 aromatic carbocycles. The van der Waals surface area contributed by atoms with Crippen LogP contribution in [-0.2, 0) is 15.7 Å². The highest BCUT2D eigenvalue weighted by molar-refractivity contribution is 5.76. The molecule has 1 saturated heterocycles. The van der Waals surface area contributed by atoms with Crippen LogP contribution in [0.1, 0.15) is 19.5 Å². The second kappa shape index (κ2) is 5.20. The molecule has 0 spiro atoms. The Bertz CT molecular complexity index is 537. The van der Waals surface area contributed by atoms with Gasteiger partial charge in [-0.2, -0.15) is 13.2 Å². The third-order valence-corrected chi connectivity index (χ3v) is 4.01. The Hall–Kier alpha value is -1.79. The van der Waals surface area contributed by atoms with Crippen LogP contribution in [0.4, 0.5) is 18.9 Å². The first-order valence-corrected chi connectivity index (χ1v) is 6.53. The molecule has 116 valence electrons. The van der Waals surface area contributed by atoms with E-state index in [-0.39, 0.29) is 11.9 Å². The zero-order valence-electron chi connectivity index (χ0n) is 12.1. The molecule has 0 saturated carbocycles. The lowest BCUT2D eigenvalue weighted by molar-refractivity contribution is -0.154. The Labute approximate surface area is 120 Å². The zero-order chi connectivity index (χ0) is 15.8. The van der Waals surface area contributed by atoms with E-state index >= 15 is 0 Å². The van der Waals surface area contributed by atoms with Gasteiger partial charge in [-0.15, -0.1) is 0 Å². The Morgan fingerprint density at radius 2 is 2.00 bits per heavy atom. The highest BCUT2D eigenvalue weighted by Gasteiger charge is 2.45. The average molecular weight is 302 g/mol. The van der Waals surface area contributed by atoms with Crippen LogP contribution in [0.2, 0.25) is 0 Å². The van der Waals surface area contributed by atoms with E-state index in [1.165, 1.54) is 13.2 Å². The van der Waals surface area contributed by atoms with Gasteiger partial charge in [-0.25, -0.2) is 0 Å². The van der Waals surface area contributed by atoms with Crippen LogP contribution in [-0.4, -0.2) is 31.2 Å². The molecular formula is C14H17F3N2O2. The number of alkyl halides is 3. The van der Waals surface area contributed by atoms with Gasteiger partial charge in [0.15, 0.2) is 0 Å². The Morgan fingerprint density at radius 1 is 1.38 bits per heavy atom. The number of anilines is 1. The molecule has 0 unspecified atom stereocenters. The van der Waals surface area contributed by atoms with Crippen molar-refractivity contribution >= 4 is 11.7 Å². The van der Waals surface area contributed by atoms with Crippen LogP contribution in [0.5, 0.6) is 0 Å². The summed E-state index contributed by atoms with van der Waals surface area (Å²) >= 11 is 0. The largest absolute Gasteiger partial charge is 0.469 e. The maximum atomic E-state index is 12.6. The van der Waals surface area contributed by atoms with Gasteiger partial charge in [0.25, 0.3) is 0 Å². The number of pyridine rings is 1. The van der Waals surface area contributed by atoms with Gasteiger partial charge in [0, 0.05) is 30.9 Å². The second-order valence-electron chi connectivity index (χ2n) is 5.71. The molecule has 0 bridgehead atoms. The van der Waals surface area contributed by atoms with Crippen molar-refractivity contribution in [3.05, 3.63) is 24.0 Å². The lowest BCUT2D eigenvalue weighted by Gasteiger charge is -2.47. The number of rotatable bonds is 3. The van der Waals surface area contributed by atoms with Crippen LogP contribution in [0.15, 0.2) is 18.3 Å². The van der Waals surface area contributed by atoms with E-state index < -0.39 is 17.3 Å². The minimum Gasteiger partial charge on any atom is -0.469 e. The number of esters is 1. The molecule has 0 radical (unpaired) electrons. The summed E-state index contributed by atoms with van der Waals surface area (Å²) in [6.45, 7) is 4.61. The molecule has 1 fully saturated rings. The number of aromatic nitrogens is 1. The monoisotopic (exact) mass is 302 g/mol. The van der Waals surface area contributed by atoms with E-state index in [4.69, 9.17) is 4.74 Å². The molecule has 0 amide bonds. The number of halogens is 3. The molecule has 2 rings (SSSR count). The standard InChI is InChI=1S/C14H17F3N2O2/c1-13(2,12(20)21-3)9-7-19(8-9)10-4-5-18-11(6-10)14(15,16)17/h4-6,9H,7-8H2,1-3H3. The summed E-state index contributed by atoms with van der Waals surface area (Å²) in [4.78, 5) is 16.8. The molecule has 2 heterocycles. The smallest absolute Gasteiger partial charge is 0.433 e. The second-order valence-corrected chi connectivity index (χ2v) is 5.71. The van der Waals surface area contributed by atoms with Crippen molar-refractivity contribution in [2.75, 3.05) is 25.1 Å². The summed E-state index contributed by atoms with van der Waals surface area (Å²) in [5.74, 6) is -0.259. The Kier molecular flexibility index (Phi) is 3.86. The van der Waals surface area contributed by atoms with Crippen LogP contribution < -0.4 is 4.90 Å². The predicted molar refractivity (Wildman–Crippen MR) is 70.7 cm³/mol. The van der Waals surface area contributed by atoms with Gasteiger partial charge in [0.2, 0.25) is 0 Å². The minimum absolute atomic E-state index is 0.0486. The van der Waals surface area contributed by atoms with E-state index in [0.717, 1.165) is 12.3 Å². The van der Waals surface area contributed by atoms with Gasteiger partial charge in [0.1, 0.15) is 5.69 Å². The molecule has 1 aromatic rings. The van der Waals surface area contributed by atoms with E-state index in [2.05, 4.69) is 4.98 Å². The Morgan fingerprint density at radius 3 is 2.52 bits per heavy atom. The van der Waals surface area contributed by atoms with Crippen LogP contribution >= 0.6 is 0 Å². The van der Waals surface area contributed by atoms with Crippen molar-refractivity contribution in [2.45, 2.75) is 20.0 Å². The number of carbonyl (C=O) groups excluding carboxylic acids is 1. The molecule has 1 aliphatic rings. The van der Waals surface area contributed by atoms with Gasteiger partial charge < -0.3 is 9.64 Å². The number of carbonyl (C=O) groups is 1. The fourth-order valence-electron chi connectivity index (χ4n) is 2.35. The third-order valence-electron chi connectivity index (χ3n) is 4.01. The molecule has 4 nitrogen and oxygen atoms in total. The van der Waals surface area contributed by atoms with Gasteiger partial charge >= 0.3 is 12.1 Å². The molecule has 21 heavy (non-hydrogen) atoms. The first kappa shape index (κ1) is 15.6. The fourth-order valence-corrected chi connectivity index (χ4v) is 2.35. The van der Waals surface area contributed by atoms with Crippen molar-refractivity contribution in [2.24, 2.45) is 11.3 Å². The fraction of sp³-hybridized carbons (Fsp3) is 0.571. The number of ether oxygens (including phenoxy) is 1. The van der Waals surface area contributed by atoms with Crippen molar-refractivity contribution in [1.29, 1.82) is 0 Å². The van der Waals surface area contributed by atoms with E-state index in [9.17, 15) is 18.0 Å². The average Bonchev–Trinajstić information content (AvgIpc) is 2.35. The third kappa shape index (κ3) is 2.96. The number of nitrogens with zero attached hydrogens (tertiary/aromatic N) is 2. The predicted octanol–water partition coefficient (Wildman–Crippen LogP) is 2.74. The summed E-state index contributed by atoms with van der Waals surface area (Å²) in [5.41, 5.74) is -1.09. The molecule has 0 atom stereocenters. The van der Waals surface area contributed by atoms with Gasteiger partial charge in [-0.3, -0.25) is 9.78 Å². The molecule has 7 heteroatoms. The molecule has 0 N–H and O–H groups in total. The minimum atomic E-state index is -4.45. The molecule has 1 aliphatic heterocycles. The number of hydrogen-bond donors (Lipinski definition) is 0. The normalized spacial score (nSPS) is 16.6. The topological polar surface area (TPSA) is 42.4 Å². The quantitative estimate of drug-likeness (QED) is 0.805. The van der Waals surface area contributed by atoms with E-state index in [0.29, 0.717) is 18.8 Å². The van der Waals surface area contributed by atoms with Crippen molar-refractivity contribution in [3.63, 3.8) is 0 Å². The first-order valence-electron chi connectivity index (χ1n) is 6.53. The lowest BCUT2D eigenvalue weighted by Crippen LogP contribution is -2.55. The lowest BCUT2D eigenvalue weighted by atomic mass is 9.74. The van der Waals surface area contributed by atoms with Crippen LogP contribution in [0.25, 0.3) is 0 Å². The summed E-state index contributed by atoms with van der Waals surface area (Å²) in [5, 5.41) is 0. The maximum Gasteiger partial charge on any atom is 0.433 e. The Balaban J connectivity index is 2.07. The highest BCUT2D eigenvalue weighted by atomic mass is 19.4. The van der Waals surface area contributed by atoms with Gasteiger partial charge in [-0.05, 0) is 26.0 Å². The number of hydrogen-bond acceptors (Lipinski definition) is 4. The summed E-state index contributed by atoms with van der Waals surface area (Å²) < 4.78 is 42.6. The molecule has 1 aromatic heterocycles. The van der Waals surface area contributed by atoms with Gasteiger partial charge in [-0.1, -0.05) is 0 Å². The van der Waals surface area contributed by atoms with Crippen molar-refractivity contribution < 1.29 is 22.7 Å². The summed E-state index contributed by atoms with van der Waals surface area (Å²) in [6, 6.07) is 2.57. The summed E-state index contributed by atoms with van der Waals surface area (Å²) in [6.07, 6.45) is -3.30. The summed E-state index contributed by atoms with van der Waals surface area (Å²) in [7, 11) is 1.33.